The van der Waals surface area contributed by atoms with Crippen molar-refractivity contribution in [2.24, 2.45) is 0 Å². The van der Waals surface area contributed by atoms with Gasteiger partial charge in [-0.25, -0.2) is 8.42 Å². The fourth-order valence-electron chi connectivity index (χ4n) is 1.42. The molecule has 0 fully saturated rings. The second-order valence-electron chi connectivity index (χ2n) is 3.93. The van der Waals surface area contributed by atoms with Crippen LogP contribution in [0, 0.1) is 10.1 Å². The molecule has 0 aliphatic heterocycles. The summed E-state index contributed by atoms with van der Waals surface area (Å²) in [6.45, 7) is 1.35. The molecule has 0 saturated heterocycles. The molecule has 0 saturated carbocycles. The van der Waals surface area contributed by atoms with Gasteiger partial charge in [0.05, 0.1) is 15.9 Å². The molecule has 4 N–H and O–H groups in total. The molecule has 1 unspecified atom stereocenters. The minimum absolute atomic E-state index is 0.145. The highest BCUT2D eigenvalue weighted by Gasteiger charge is 2.24. The standard InChI is InChI=1S/C10H14N4O5S/c1-6(10(15)12-2)13-20(18,19)7-3-4-8(11)9(5-7)14(16)17/h3-6,13H,11H2,1-2H3,(H,12,15). The van der Waals surface area contributed by atoms with E-state index in [2.05, 4.69) is 10.0 Å². The van der Waals surface area contributed by atoms with Gasteiger partial charge in [0.2, 0.25) is 15.9 Å². The first-order chi connectivity index (χ1) is 9.19. The topological polar surface area (TPSA) is 144 Å². The minimum Gasteiger partial charge on any atom is -0.393 e. The van der Waals surface area contributed by atoms with E-state index in [4.69, 9.17) is 5.73 Å². The zero-order valence-corrected chi connectivity index (χ0v) is 11.6. The maximum Gasteiger partial charge on any atom is 0.293 e. The monoisotopic (exact) mass is 302 g/mol. The highest BCUT2D eigenvalue weighted by Crippen LogP contribution is 2.24. The average molecular weight is 302 g/mol. The molecule has 1 atom stereocenters. The largest absolute Gasteiger partial charge is 0.393 e. The predicted molar refractivity (Wildman–Crippen MR) is 71.4 cm³/mol. The summed E-state index contributed by atoms with van der Waals surface area (Å²) in [6.07, 6.45) is 0. The van der Waals surface area contributed by atoms with Crippen LogP contribution in [0.4, 0.5) is 11.4 Å². The quantitative estimate of drug-likeness (QED) is 0.383. The number of nitro groups is 1. The molecular weight excluding hydrogens is 288 g/mol. The van der Waals surface area contributed by atoms with Gasteiger partial charge in [-0.3, -0.25) is 14.9 Å². The van der Waals surface area contributed by atoms with Crippen LogP contribution in [0.25, 0.3) is 0 Å². The van der Waals surface area contributed by atoms with Crippen molar-refractivity contribution >= 4 is 27.3 Å². The molecule has 110 valence electrons. The second-order valence-corrected chi connectivity index (χ2v) is 5.65. The third-order valence-electron chi connectivity index (χ3n) is 2.48. The average Bonchev–Trinajstić information content (AvgIpc) is 2.36. The first-order valence-electron chi connectivity index (χ1n) is 5.47. The van der Waals surface area contributed by atoms with Crippen LogP contribution in [0.3, 0.4) is 0 Å². The molecule has 0 radical (unpaired) electrons. The number of anilines is 1. The number of likely N-dealkylation sites (N-methyl/N-ethyl adjacent to an activating group) is 1. The normalized spacial score (nSPS) is 12.7. The van der Waals surface area contributed by atoms with Gasteiger partial charge in [0.1, 0.15) is 5.69 Å². The molecule has 0 aliphatic rings. The summed E-state index contributed by atoms with van der Waals surface area (Å²) in [5.41, 5.74) is 4.73. The number of nitrogens with two attached hydrogens (primary N) is 1. The fraction of sp³-hybridized carbons (Fsp3) is 0.300. The van der Waals surface area contributed by atoms with Crippen LogP contribution in [0.5, 0.6) is 0 Å². The maximum absolute atomic E-state index is 12.0. The Bertz CT molecular complexity index is 643. The van der Waals surface area contributed by atoms with E-state index in [1.165, 1.54) is 14.0 Å². The van der Waals surface area contributed by atoms with Crippen molar-refractivity contribution in [2.75, 3.05) is 12.8 Å². The summed E-state index contributed by atoms with van der Waals surface area (Å²) in [7, 11) is -2.70. The predicted octanol–water partition coefficient (Wildman–Crippen LogP) is -0.410. The lowest BCUT2D eigenvalue weighted by atomic mass is 10.3. The first-order valence-corrected chi connectivity index (χ1v) is 6.95. The van der Waals surface area contributed by atoms with E-state index in [1.54, 1.807) is 0 Å². The SMILES string of the molecule is CNC(=O)C(C)NS(=O)(=O)c1ccc(N)c([N+](=O)[O-])c1. The fourth-order valence-corrected chi connectivity index (χ4v) is 2.64. The lowest BCUT2D eigenvalue weighted by Gasteiger charge is -2.12. The highest BCUT2D eigenvalue weighted by molar-refractivity contribution is 7.89. The van der Waals surface area contributed by atoms with Crippen LogP contribution in [0.15, 0.2) is 23.1 Å². The van der Waals surface area contributed by atoms with Crippen LogP contribution >= 0.6 is 0 Å². The molecule has 0 aliphatic carbocycles. The molecule has 0 spiro atoms. The number of sulfonamides is 1. The summed E-state index contributed by atoms with van der Waals surface area (Å²) in [6, 6.07) is 2.08. The van der Waals surface area contributed by atoms with Gasteiger partial charge in [-0.15, -0.1) is 0 Å². The molecule has 10 heteroatoms. The lowest BCUT2D eigenvalue weighted by Crippen LogP contribution is -2.43. The van der Waals surface area contributed by atoms with Crippen LogP contribution in [0.1, 0.15) is 6.92 Å². The van der Waals surface area contributed by atoms with Gasteiger partial charge in [-0.05, 0) is 19.1 Å². The molecule has 1 aromatic rings. The number of hydrogen-bond donors (Lipinski definition) is 3. The van der Waals surface area contributed by atoms with Crippen molar-refractivity contribution in [1.29, 1.82) is 0 Å². The maximum atomic E-state index is 12.0. The minimum atomic E-state index is -4.06. The van der Waals surface area contributed by atoms with E-state index in [1.807, 2.05) is 0 Å². The summed E-state index contributed by atoms with van der Waals surface area (Å²) in [5.74, 6) is -0.529. The van der Waals surface area contributed by atoms with Gasteiger partial charge < -0.3 is 11.1 Å². The Morgan fingerprint density at radius 2 is 2.05 bits per heavy atom. The van der Waals surface area contributed by atoms with E-state index in [-0.39, 0.29) is 10.6 Å². The number of carbonyl (C=O) groups is 1. The van der Waals surface area contributed by atoms with Crippen molar-refractivity contribution in [3.8, 4) is 0 Å². The number of nitrogens with zero attached hydrogens (tertiary/aromatic N) is 1. The van der Waals surface area contributed by atoms with Crippen LogP contribution in [0.2, 0.25) is 0 Å². The zero-order chi connectivity index (χ0) is 15.5. The second kappa shape index (κ2) is 5.84. The third kappa shape index (κ3) is 3.42. The molecule has 0 bridgehead atoms. The Morgan fingerprint density at radius 3 is 2.55 bits per heavy atom. The molecular formula is C10H14N4O5S. The van der Waals surface area contributed by atoms with Gasteiger partial charge in [-0.1, -0.05) is 0 Å². The molecule has 0 heterocycles. The van der Waals surface area contributed by atoms with Crippen molar-refractivity contribution < 1.29 is 18.1 Å². The van der Waals surface area contributed by atoms with Gasteiger partial charge in [0.15, 0.2) is 0 Å². The Hall–Kier alpha value is -2.20. The molecule has 1 aromatic carbocycles. The smallest absolute Gasteiger partial charge is 0.293 e. The van der Waals surface area contributed by atoms with E-state index in [0.29, 0.717) is 0 Å². The molecule has 1 amide bonds. The van der Waals surface area contributed by atoms with Crippen molar-refractivity contribution in [3.63, 3.8) is 0 Å². The first kappa shape index (κ1) is 15.9. The van der Waals surface area contributed by atoms with E-state index in [0.717, 1.165) is 18.2 Å². The number of benzene rings is 1. The highest BCUT2D eigenvalue weighted by atomic mass is 32.2. The van der Waals surface area contributed by atoms with Crippen molar-refractivity contribution in [2.45, 2.75) is 17.9 Å². The van der Waals surface area contributed by atoms with E-state index in [9.17, 15) is 23.3 Å². The number of carbonyl (C=O) groups excluding carboxylic acids is 1. The Labute approximate surface area is 115 Å². The number of amides is 1. The van der Waals surface area contributed by atoms with Crippen LogP contribution < -0.4 is 15.8 Å². The molecule has 9 nitrogen and oxygen atoms in total. The number of nitrogen functional groups attached to an aromatic ring is 1. The number of hydrogen-bond acceptors (Lipinski definition) is 6. The van der Waals surface area contributed by atoms with Gasteiger partial charge in [0, 0.05) is 13.1 Å². The number of rotatable bonds is 5. The van der Waals surface area contributed by atoms with E-state index >= 15 is 0 Å². The Kier molecular flexibility index (Phi) is 4.63. The van der Waals surface area contributed by atoms with Crippen LogP contribution in [-0.2, 0) is 14.8 Å². The summed E-state index contributed by atoms with van der Waals surface area (Å²) in [5, 5.41) is 13.0. The lowest BCUT2D eigenvalue weighted by molar-refractivity contribution is -0.384. The van der Waals surface area contributed by atoms with Gasteiger partial charge in [-0.2, -0.15) is 4.72 Å². The number of nitrogens with one attached hydrogen (secondary N) is 2. The Morgan fingerprint density at radius 1 is 1.45 bits per heavy atom. The summed E-state index contributed by atoms with van der Waals surface area (Å²) in [4.78, 5) is 20.9. The Balaban J connectivity index is 3.13. The molecule has 0 aromatic heterocycles. The van der Waals surface area contributed by atoms with Gasteiger partial charge in [0.25, 0.3) is 5.69 Å². The third-order valence-corrected chi connectivity index (χ3v) is 4.02. The van der Waals surface area contributed by atoms with E-state index < -0.39 is 32.6 Å². The van der Waals surface area contributed by atoms with Crippen LogP contribution in [-0.4, -0.2) is 32.3 Å². The summed E-state index contributed by atoms with van der Waals surface area (Å²) >= 11 is 0. The van der Waals surface area contributed by atoms with Crippen molar-refractivity contribution in [1.82, 2.24) is 10.0 Å². The van der Waals surface area contributed by atoms with Crippen molar-refractivity contribution in [3.05, 3.63) is 28.3 Å². The summed E-state index contributed by atoms with van der Waals surface area (Å²) < 4.78 is 26.1. The zero-order valence-electron chi connectivity index (χ0n) is 10.8. The number of nitro benzene ring substituents is 1. The molecule has 20 heavy (non-hydrogen) atoms. The van der Waals surface area contributed by atoms with Gasteiger partial charge >= 0.3 is 0 Å². The molecule has 1 rings (SSSR count).